The van der Waals surface area contributed by atoms with Crippen molar-refractivity contribution < 1.29 is 9.18 Å². The Labute approximate surface area is 134 Å². The van der Waals surface area contributed by atoms with Gasteiger partial charge in [-0.2, -0.15) is 0 Å². The Bertz CT molecular complexity index is 741. The van der Waals surface area contributed by atoms with Crippen LogP contribution in [0.1, 0.15) is 34.6 Å². The molecule has 1 aromatic carbocycles. The van der Waals surface area contributed by atoms with E-state index in [1.54, 1.807) is 0 Å². The van der Waals surface area contributed by atoms with Crippen LogP contribution >= 0.6 is 0 Å². The van der Waals surface area contributed by atoms with E-state index in [0.717, 1.165) is 37.3 Å². The third-order valence-electron chi connectivity index (χ3n) is 4.39. The molecule has 0 spiro atoms. The maximum atomic E-state index is 13.8. The Balaban J connectivity index is 1.80. The lowest BCUT2D eigenvalue weighted by Crippen LogP contribution is -2.27. The van der Waals surface area contributed by atoms with Gasteiger partial charge < -0.3 is 10.6 Å². The molecule has 2 aromatic rings. The molecular weight excluding hydrogens is 295 g/mol. The summed E-state index contributed by atoms with van der Waals surface area (Å²) < 4.78 is 13.8. The summed E-state index contributed by atoms with van der Waals surface area (Å²) in [6.07, 6.45) is 2.07. The number of nitrogens with one attached hydrogen (secondary N) is 2. The third kappa shape index (κ3) is 3.47. The molecule has 3 rings (SSSR count). The van der Waals surface area contributed by atoms with Crippen molar-refractivity contribution in [3.63, 3.8) is 0 Å². The first-order valence-electron chi connectivity index (χ1n) is 7.98. The zero-order chi connectivity index (χ0) is 16.4. The third-order valence-corrected chi connectivity index (χ3v) is 4.39. The molecule has 0 bridgehead atoms. The number of rotatable bonds is 4. The van der Waals surface area contributed by atoms with Gasteiger partial charge in [0, 0.05) is 12.6 Å². The number of hydrogen-bond donors (Lipinski definition) is 2. The highest BCUT2D eigenvalue weighted by Crippen LogP contribution is 2.19. The highest BCUT2D eigenvalue weighted by Gasteiger charge is 2.17. The zero-order valence-corrected chi connectivity index (χ0v) is 13.4. The molecule has 1 fully saturated rings. The highest BCUT2D eigenvalue weighted by atomic mass is 19.1. The average molecular weight is 316 g/mol. The molecule has 1 aliphatic rings. The number of fused-ring (bicyclic) bond motifs is 1. The van der Waals surface area contributed by atoms with E-state index in [1.165, 1.54) is 12.1 Å². The minimum Gasteiger partial charge on any atom is -0.352 e. The summed E-state index contributed by atoms with van der Waals surface area (Å²) >= 11 is 0. The SMILES string of the molecule is Cc1nc2cc(F)cc(C(=O)NCCC3CCNC3)c2nc1C. The second-order valence-corrected chi connectivity index (χ2v) is 6.12. The van der Waals surface area contributed by atoms with Gasteiger partial charge in [-0.1, -0.05) is 0 Å². The van der Waals surface area contributed by atoms with Crippen molar-refractivity contribution in [2.75, 3.05) is 19.6 Å². The normalized spacial score (nSPS) is 17.6. The van der Waals surface area contributed by atoms with Gasteiger partial charge in [0.2, 0.25) is 0 Å². The molecule has 1 saturated heterocycles. The van der Waals surface area contributed by atoms with Crippen LogP contribution in [0.15, 0.2) is 12.1 Å². The average Bonchev–Trinajstić information content (AvgIpc) is 3.01. The molecule has 1 unspecified atom stereocenters. The van der Waals surface area contributed by atoms with Crippen molar-refractivity contribution >= 4 is 16.9 Å². The van der Waals surface area contributed by atoms with Crippen LogP contribution in [0.5, 0.6) is 0 Å². The number of nitrogens with zero attached hydrogens (tertiary/aromatic N) is 2. The first kappa shape index (κ1) is 15.8. The molecule has 0 saturated carbocycles. The zero-order valence-electron chi connectivity index (χ0n) is 13.4. The monoisotopic (exact) mass is 316 g/mol. The Hall–Kier alpha value is -2.08. The van der Waals surface area contributed by atoms with E-state index >= 15 is 0 Å². The quantitative estimate of drug-likeness (QED) is 0.907. The summed E-state index contributed by atoms with van der Waals surface area (Å²) in [5.41, 5.74) is 2.60. The van der Waals surface area contributed by atoms with Crippen LogP contribution in [-0.4, -0.2) is 35.5 Å². The molecule has 0 aliphatic carbocycles. The molecular formula is C17H21FN4O. The number of aromatic nitrogens is 2. The van der Waals surface area contributed by atoms with Crippen LogP contribution in [0.4, 0.5) is 4.39 Å². The van der Waals surface area contributed by atoms with E-state index in [4.69, 9.17) is 0 Å². The fourth-order valence-electron chi connectivity index (χ4n) is 2.92. The predicted molar refractivity (Wildman–Crippen MR) is 86.9 cm³/mol. The van der Waals surface area contributed by atoms with Crippen LogP contribution in [0, 0.1) is 25.6 Å². The van der Waals surface area contributed by atoms with Crippen LogP contribution in [0.25, 0.3) is 11.0 Å². The van der Waals surface area contributed by atoms with Gasteiger partial charge in [-0.25, -0.2) is 14.4 Å². The van der Waals surface area contributed by atoms with Crippen LogP contribution in [-0.2, 0) is 0 Å². The molecule has 2 N–H and O–H groups in total. The molecule has 1 aromatic heterocycles. The number of benzene rings is 1. The van der Waals surface area contributed by atoms with E-state index in [9.17, 15) is 9.18 Å². The van der Waals surface area contributed by atoms with Crippen molar-refractivity contribution in [3.05, 3.63) is 34.9 Å². The van der Waals surface area contributed by atoms with E-state index < -0.39 is 5.82 Å². The number of amides is 1. The second-order valence-electron chi connectivity index (χ2n) is 6.12. The maximum absolute atomic E-state index is 13.8. The first-order valence-corrected chi connectivity index (χ1v) is 7.98. The fourth-order valence-corrected chi connectivity index (χ4v) is 2.92. The smallest absolute Gasteiger partial charge is 0.253 e. The van der Waals surface area contributed by atoms with Gasteiger partial charge >= 0.3 is 0 Å². The lowest BCUT2D eigenvalue weighted by Gasteiger charge is -2.11. The summed E-state index contributed by atoms with van der Waals surface area (Å²) in [5, 5.41) is 6.18. The Morgan fingerprint density at radius 2 is 2.13 bits per heavy atom. The summed E-state index contributed by atoms with van der Waals surface area (Å²) in [5.74, 6) is -0.164. The first-order chi connectivity index (χ1) is 11.0. The minimum absolute atomic E-state index is 0.250. The lowest BCUT2D eigenvalue weighted by molar-refractivity contribution is 0.0952. The van der Waals surface area contributed by atoms with Crippen molar-refractivity contribution in [1.29, 1.82) is 0 Å². The molecule has 5 nitrogen and oxygen atoms in total. The van der Waals surface area contributed by atoms with Crippen molar-refractivity contribution in [2.45, 2.75) is 26.7 Å². The van der Waals surface area contributed by atoms with Gasteiger partial charge in [0.25, 0.3) is 5.91 Å². The number of carbonyl (C=O) groups is 1. The van der Waals surface area contributed by atoms with E-state index in [-0.39, 0.29) is 11.5 Å². The number of carbonyl (C=O) groups excluding carboxylic acids is 1. The van der Waals surface area contributed by atoms with Gasteiger partial charge in [0.1, 0.15) is 11.3 Å². The minimum atomic E-state index is -0.472. The molecule has 1 aliphatic heterocycles. The standard InChI is InChI=1S/C17H21FN4O/c1-10-11(2)22-16-14(7-13(18)8-15(16)21-10)17(23)20-6-4-12-3-5-19-9-12/h7-8,12,19H,3-6,9H2,1-2H3,(H,20,23). The molecule has 6 heteroatoms. The second kappa shape index (κ2) is 6.58. The van der Waals surface area contributed by atoms with Crippen molar-refractivity contribution in [1.82, 2.24) is 20.6 Å². The van der Waals surface area contributed by atoms with E-state index in [1.807, 2.05) is 13.8 Å². The fraction of sp³-hybridized carbons (Fsp3) is 0.471. The van der Waals surface area contributed by atoms with Crippen LogP contribution in [0.2, 0.25) is 0 Å². The molecule has 2 heterocycles. The van der Waals surface area contributed by atoms with Crippen molar-refractivity contribution in [2.24, 2.45) is 5.92 Å². The van der Waals surface area contributed by atoms with Gasteiger partial charge in [0.15, 0.2) is 0 Å². The summed E-state index contributed by atoms with van der Waals surface area (Å²) in [4.78, 5) is 21.2. The van der Waals surface area contributed by atoms with E-state index in [2.05, 4.69) is 20.6 Å². The number of hydrogen-bond acceptors (Lipinski definition) is 4. The number of halogens is 1. The topological polar surface area (TPSA) is 66.9 Å². The Morgan fingerprint density at radius 3 is 2.87 bits per heavy atom. The van der Waals surface area contributed by atoms with Gasteiger partial charge in [0.05, 0.1) is 22.5 Å². The summed E-state index contributed by atoms with van der Waals surface area (Å²) in [7, 11) is 0. The summed E-state index contributed by atoms with van der Waals surface area (Å²) in [6.45, 7) is 6.29. The predicted octanol–water partition coefficient (Wildman–Crippen LogP) is 2.12. The molecule has 23 heavy (non-hydrogen) atoms. The van der Waals surface area contributed by atoms with E-state index in [0.29, 0.717) is 23.5 Å². The van der Waals surface area contributed by atoms with Crippen LogP contribution < -0.4 is 10.6 Å². The van der Waals surface area contributed by atoms with Crippen molar-refractivity contribution in [3.8, 4) is 0 Å². The van der Waals surface area contributed by atoms with Gasteiger partial charge in [-0.05, 0) is 51.8 Å². The molecule has 1 atom stereocenters. The van der Waals surface area contributed by atoms with Crippen LogP contribution in [0.3, 0.4) is 0 Å². The molecule has 1 amide bonds. The highest BCUT2D eigenvalue weighted by molar-refractivity contribution is 6.04. The number of aryl methyl sites for hydroxylation is 2. The molecule has 122 valence electrons. The summed E-state index contributed by atoms with van der Waals surface area (Å²) in [6, 6.07) is 2.55. The van der Waals surface area contributed by atoms with Gasteiger partial charge in [-0.3, -0.25) is 4.79 Å². The Kier molecular flexibility index (Phi) is 4.52. The molecule has 0 radical (unpaired) electrons. The van der Waals surface area contributed by atoms with Gasteiger partial charge in [-0.15, -0.1) is 0 Å². The lowest BCUT2D eigenvalue weighted by atomic mass is 10.1. The Morgan fingerprint density at radius 1 is 1.35 bits per heavy atom. The largest absolute Gasteiger partial charge is 0.352 e. The maximum Gasteiger partial charge on any atom is 0.253 e.